The fourth-order valence-electron chi connectivity index (χ4n) is 0.538. The van der Waals surface area contributed by atoms with Crippen LogP contribution in [0, 0.1) is 0 Å². The van der Waals surface area contributed by atoms with Gasteiger partial charge in [0.2, 0.25) is 0 Å². The van der Waals surface area contributed by atoms with Crippen molar-refractivity contribution in [3.05, 3.63) is 11.6 Å². The van der Waals surface area contributed by atoms with Crippen LogP contribution in [0.4, 0.5) is 0 Å². The molecular formula is C6H8N2S2. The Morgan fingerprint density at radius 2 is 2.00 bits per heavy atom. The predicted molar refractivity (Wildman–Crippen MR) is 50.5 cm³/mol. The highest BCUT2D eigenvalue weighted by Crippen LogP contribution is 2.24. The Labute approximate surface area is 69.0 Å². The lowest BCUT2D eigenvalue weighted by Crippen LogP contribution is -1.77. The van der Waals surface area contributed by atoms with E-state index in [2.05, 4.69) is 16.0 Å². The van der Waals surface area contributed by atoms with Gasteiger partial charge in [0, 0.05) is 11.9 Å². The van der Waals surface area contributed by atoms with Crippen LogP contribution in [0.3, 0.4) is 0 Å². The van der Waals surface area contributed by atoms with Crippen molar-refractivity contribution in [1.29, 1.82) is 0 Å². The van der Waals surface area contributed by atoms with Gasteiger partial charge in [-0.05, 0) is 13.8 Å². The molecule has 4 heteroatoms. The van der Waals surface area contributed by atoms with Crippen LogP contribution in [0.2, 0.25) is 0 Å². The molecule has 0 atom stereocenters. The summed E-state index contributed by atoms with van der Waals surface area (Å²) in [6.07, 6.45) is 0. The van der Waals surface area contributed by atoms with Crippen molar-refractivity contribution >= 4 is 33.8 Å². The third-order valence-corrected chi connectivity index (χ3v) is 2.40. The van der Waals surface area contributed by atoms with Crippen LogP contribution in [0.15, 0.2) is 21.0 Å². The van der Waals surface area contributed by atoms with Gasteiger partial charge < -0.3 is 0 Å². The number of aliphatic imine (C=N–C) groups is 1. The van der Waals surface area contributed by atoms with Gasteiger partial charge in [0.25, 0.3) is 0 Å². The van der Waals surface area contributed by atoms with Gasteiger partial charge in [0.15, 0.2) is 0 Å². The molecule has 0 aromatic carbocycles. The molecule has 0 spiro atoms. The molecule has 0 saturated heterocycles. The third-order valence-electron chi connectivity index (χ3n) is 0.854. The van der Waals surface area contributed by atoms with E-state index >= 15 is 0 Å². The van der Waals surface area contributed by atoms with Gasteiger partial charge in [0.05, 0.1) is 15.1 Å². The number of nitrogens with zero attached hydrogens (tertiary/aromatic N) is 2. The molecule has 1 rings (SSSR count). The van der Waals surface area contributed by atoms with E-state index in [-0.39, 0.29) is 0 Å². The molecule has 0 aromatic heterocycles. The van der Waals surface area contributed by atoms with Gasteiger partial charge >= 0.3 is 0 Å². The van der Waals surface area contributed by atoms with E-state index in [9.17, 15) is 0 Å². The summed E-state index contributed by atoms with van der Waals surface area (Å²) in [6, 6.07) is 0. The second-order valence-electron chi connectivity index (χ2n) is 1.83. The summed E-state index contributed by atoms with van der Waals surface area (Å²) in [6.45, 7) is 7.64. The molecule has 0 N–H and O–H groups in total. The minimum Gasteiger partial charge on any atom is -0.238 e. The van der Waals surface area contributed by atoms with Gasteiger partial charge in [-0.25, -0.2) is 9.39 Å². The van der Waals surface area contributed by atoms with Crippen molar-refractivity contribution in [2.24, 2.45) is 9.39 Å². The normalized spacial score (nSPS) is 19.6. The summed E-state index contributed by atoms with van der Waals surface area (Å²) < 4.78 is 4.16. The fraction of sp³-hybridized carbons (Fsp3) is 0.333. The van der Waals surface area contributed by atoms with Gasteiger partial charge in [-0.1, -0.05) is 18.3 Å². The average molecular weight is 172 g/mol. The second kappa shape index (κ2) is 3.25. The van der Waals surface area contributed by atoms with Crippen LogP contribution in [0.5, 0.6) is 0 Å². The number of rotatable bonds is 0. The molecule has 0 amide bonds. The van der Waals surface area contributed by atoms with Crippen molar-refractivity contribution in [1.82, 2.24) is 0 Å². The maximum Gasteiger partial charge on any atom is 0.0957 e. The van der Waals surface area contributed by atoms with Gasteiger partial charge in [0.1, 0.15) is 0 Å². The van der Waals surface area contributed by atoms with E-state index in [0.717, 1.165) is 15.1 Å². The molecule has 0 bridgehead atoms. The molecule has 0 saturated carbocycles. The van der Waals surface area contributed by atoms with Crippen LogP contribution >= 0.6 is 23.7 Å². The molecular weight excluding hydrogens is 164 g/mol. The van der Waals surface area contributed by atoms with E-state index in [1.165, 1.54) is 23.7 Å². The number of thioether (sulfide) groups is 1. The first-order chi connectivity index (χ1) is 4.68. The monoisotopic (exact) mass is 172 g/mol. The van der Waals surface area contributed by atoms with E-state index in [1.54, 1.807) is 0 Å². The van der Waals surface area contributed by atoms with Gasteiger partial charge in [-0.15, -0.1) is 0 Å². The van der Waals surface area contributed by atoms with Crippen molar-refractivity contribution < 1.29 is 0 Å². The lowest BCUT2D eigenvalue weighted by atomic mass is 10.8. The van der Waals surface area contributed by atoms with E-state index in [0.29, 0.717) is 0 Å². The van der Waals surface area contributed by atoms with Crippen LogP contribution in [0.25, 0.3) is 0 Å². The van der Waals surface area contributed by atoms with E-state index in [1.807, 2.05) is 13.8 Å². The summed E-state index contributed by atoms with van der Waals surface area (Å²) in [7, 11) is 0. The van der Waals surface area contributed by atoms with Crippen LogP contribution in [-0.4, -0.2) is 10.1 Å². The number of hydrogen-bond donors (Lipinski definition) is 0. The topological polar surface area (TPSA) is 24.7 Å². The molecule has 0 aromatic rings. The van der Waals surface area contributed by atoms with Crippen molar-refractivity contribution in [3.63, 3.8) is 0 Å². The summed E-state index contributed by atoms with van der Waals surface area (Å²) in [5, 5.41) is 2.79. The van der Waals surface area contributed by atoms with Crippen LogP contribution < -0.4 is 0 Å². The Balaban J connectivity index is 2.79. The van der Waals surface area contributed by atoms with Gasteiger partial charge in [-0.3, -0.25) is 0 Å². The third kappa shape index (κ3) is 2.19. The summed E-state index contributed by atoms with van der Waals surface area (Å²) in [5.41, 5.74) is 0. The highest BCUT2D eigenvalue weighted by molar-refractivity contribution is 8.20. The lowest BCUT2D eigenvalue weighted by Gasteiger charge is -1.91. The molecule has 0 unspecified atom stereocenters. The molecule has 54 valence electrons. The predicted octanol–water partition coefficient (Wildman–Crippen LogP) is 2.69. The molecule has 1 aliphatic rings. The molecule has 10 heavy (non-hydrogen) atoms. The zero-order chi connectivity index (χ0) is 7.56. The van der Waals surface area contributed by atoms with E-state index in [4.69, 9.17) is 0 Å². The molecule has 2 nitrogen and oxygen atoms in total. The summed E-state index contributed by atoms with van der Waals surface area (Å²) in [5.74, 6) is 0. The first-order valence-electron chi connectivity index (χ1n) is 2.82. The molecule has 0 fully saturated rings. The Hall–Kier alpha value is -0.220. The maximum absolute atomic E-state index is 4.16. The average Bonchev–Trinajstić information content (AvgIpc) is 1.93. The lowest BCUT2D eigenvalue weighted by molar-refractivity contribution is 1.55. The van der Waals surface area contributed by atoms with Crippen molar-refractivity contribution in [2.45, 2.75) is 13.8 Å². The first-order valence-corrected chi connectivity index (χ1v) is 4.41. The molecule has 1 heterocycles. The Bertz CT molecular complexity index is 218. The summed E-state index contributed by atoms with van der Waals surface area (Å²) in [4.78, 5) is 4.16. The van der Waals surface area contributed by atoms with Gasteiger partial charge in [-0.2, -0.15) is 0 Å². The minimum absolute atomic E-state index is 0.823. The molecule has 0 radical (unpaired) electrons. The Kier molecular flexibility index (Phi) is 2.56. The molecule has 0 aliphatic carbocycles. The van der Waals surface area contributed by atoms with E-state index < -0.39 is 0 Å². The smallest absolute Gasteiger partial charge is 0.0957 e. The van der Waals surface area contributed by atoms with Crippen molar-refractivity contribution in [3.8, 4) is 0 Å². The largest absolute Gasteiger partial charge is 0.238 e. The zero-order valence-corrected chi connectivity index (χ0v) is 7.55. The number of hydrogen-bond acceptors (Lipinski definition) is 4. The van der Waals surface area contributed by atoms with Crippen LogP contribution in [0.1, 0.15) is 13.8 Å². The fourth-order valence-corrected chi connectivity index (χ4v) is 1.79. The SMILES string of the molecule is C=C1N=C(C)SN=C(C)S1. The Morgan fingerprint density at radius 1 is 1.30 bits per heavy atom. The highest BCUT2D eigenvalue weighted by Gasteiger charge is 2.03. The zero-order valence-electron chi connectivity index (χ0n) is 5.92. The first kappa shape index (κ1) is 7.88. The van der Waals surface area contributed by atoms with Crippen LogP contribution in [-0.2, 0) is 0 Å². The summed E-state index contributed by atoms with van der Waals surface area (Å²) >= 11 is 2.92. The second-order valence-corrected chi connectivity index (χ2v) is 4.05. The quantitative estimate of drug-likeness (QED) is 0.525. The Morgan fingerprint density at radius 3 is 2.70 bits per heavy atom. The van der Waals surface area contributed by atoms with Crippen molar-refractivity contribution in [2.75, 3.05) is 0 Å². The minimum atomic E-state index is 0.823. The maximum atomic E-state index is 4.16. The standard InChI is InChI=1S/C6H8N2S2/c1-4-7-5(2)10-8-6(3)9-4/h1H2,2-3H3. The highest BCUT2D eigenvalue weighted by atomic mass is 32.2. The molecule has 1 aliphatic heterocycles.